The summed E-state index contributed by atoms with van der Waals surface area (Å²) in [5, 5.41) is 4.51. The molecular weight excluding hydrogens is 413 g/mol. The maximum absolute atomic E-state index is 13.8. The topological polar surface area (TPSA) is 75.4 Å². The first kappa shape index (κ1) is 19.7. The fourth-order valence-electron chi connectivity index (χ4n) is 3.03. The van der Waals surface area contributed by atoms with Crippen molar-refractivity contribution in [2.24, 2.45) is 0 Å². The number of aromatic nitrogens is 1. The van der Waals surface area contributed by atoms with E-state index in [0.717, 1.165) is 4.88 Å². The fourth-order valence-corrected chi connectivity index (χ4v) is 4.86. The molecule has 0 radical (unpaired) electrons. The molecule has 1 atom stereocenters. The van der Waals surface area contributed by atoms with Crippen LogP contribution in [-0.4, -0.2) is 39.4 Å². The number of rotatable bonds is 5. The average Bonchev–Trinajstić information content (AvgIpc) is 3.44. The van der Waals surface area contributed by atoms with Crippen LogP contribution in [0.1, 0.15) is 11.5 Å². The standard InChI is InChI=1S/C20H18FN3O3S2/c1-12-15(23-20(27-12)17-7-4-8-29-17)9-18(25)24-11-28-10-16(24)19(26)22-14-6-3-2-5-13(14)21/h2-8,16H,9-11H2,1H3,(H,22,26). The maximum atomic E-state index is 13.8. The number of thioether (sulfide) groups is 1. The molecule has 2 aromatic heterocycles. The molecule has 1 saturated heterocycles. The second-order valence-electron chi connectivity index (χ2n) is 6.52. The highest BCUT2D eigenvalue weighted by Gasteiger charge is 2.35. The largest absolute Gasteiger partial charge is 0.440 e. The highest BCUT2D eigenvalue weighted by Crippen LogP contribution is 2.28. The quantitative estimate of drug-likeness (QED) is 0.662. The third-order valence-corrected chi connectivity index (χ3v) is 6.45. The lowest BCUT2D eigenvalue weighted by molar-refractivity contribution is -0.135. The second kappa shape index (κ2) is 8.38. The summed E-state index contributed by atoms with van der Waals surface area (Å²) in [7, 11) is 0. The molecule has 0 saturated carbocycles. The molecule has 29 heavy (non-hydrogen) atoms. The van der Waals surface area contributed by atoms with Gasteiger partial charge in [-0.05, 0) is 30.5 Å². The van der Waals surface area contributed by atoms with Gasteiger partial charge in [0.05, 0.1) is 28.6 Å². The molecule has 150 valence electrons. The molecule has 6 nitrogen and oxygen atoms in total. The Balaban J connectivity index is 1.45. The molecule has 0 spiro atoms. The molecule has 3 heterocycles. The van der Waals surface area contributed by atoms with Crippen LogP contribution in [0.5, 0.6) is 0 Å². The zero-order chi connectivity index (χ0) is 20.4. The molecule has 1 aromatic carbocycles. The van der Waals surface area contributed by atoms with Crippen LogP contribution >= 0.6 is 23.1 Å². The predicted octanol–water partition coefficient (Wildman–Crippen LogP) is 3.93. The van der Waals surface area contributed by atoms with E-state index in [-0.39, 0.29) is 18.0 Å². The van der Waals surface area contributed by atoms with Crippen molar-refractivity contribution < 1.29 is 18.4 Å². The smallest absolute Gasteiger partial charge is 0.248 e. The Kier molecular flexibility index (Phi) is 5.68. The van der Waals surface area contributed by atoms with Gasteiger partial charge in [-0.2, -0.15) is 0 Å². The van der Waals surface area contributed by atoms with E-state index in [1.165, 1.54) is 40.1 Å². The monoisotopic (exact) mass is 431 g/mol. The number of nitrogens with zero attached hydrogens (tertiary/aromatic N) is 2. The number of benzene rings is 1. The number of hydrogen-bond donors (Lipinski definition) is 1. The summed E-state index contributed by atoms with van der Waals surface area (Å²) in [6.07, 6.45) is 0.0464. The van der Waals surface area contributed by atoms with Crippen molar-refractivity contribution in [3.8, 4) is 10.8 Å². The molecule has 9 heteroatoms. The summed E-state index contributed by atoms with van der Waals surface area (Å²) >= 11 is 3.00. The van der Waals surface area contributed by atoms with Crippen LogP contribution in [0.4, 0.5) is 10.1 Å². The van der Waals surface area contributed by atoms with E-state index in [0.29, 0.717) is 29.0 Å². The highest BCUT2D eigenvalue weighted by atomic mass is 32.2. The SMILES string of the molecule is Cc1oc(-c2cccs2)nc1CC(=O)N1CSCC1C(=O)Nc1ccccc1F. The minimum atomic E-state index is -0.656. The number of oxazole rings is 1. The number of carbonyl (C=O) groups is 2. The molecule has 0 aliphatic carbocycles. The number of anilines is 1. The number of thiophene rings is 1. The van der Waals surface area contributed by atoms with Gasteiger partial charge in [-0.3, -0.25) is 9.59 Å². The van der Waals surface area contributed by atoms with Gasteiger partial charge in [0.1, 0.15) is 17.6 Å². The van der Waals surface area contributed by atoms with Crippen molar-refractivity contribution in [2.45, 2.75) is 19.4 Å². The van der Waals surface area contributed by atoms with Gasteiger partial charge in [0, 0.05) is 5.75 Å². The number of nitrogens with one attached hydrogen (secondary N) is 1. The first-order valence-electron chi connectivity index (χ1n) is 8.95. The van der Waals surface area contributed by atoms with Crippen LogP contribution in [0, 0.1) is 12.7 Å². The average molecular weight is 432 g/mol. The van der Waals surface area contributed by atoms with Crippen LogP contribution in [-0.2, 0) is 16.0 Å². The summed E-state index contributed by atoms with van der Waals surface area (Å²) < 4.78 is 19.5. The van der Waals surface area contributed by atoms with E-state index in [1.807, 2.05) is 17.5 Å². The van der Waals surface area contributed by atoms with Crippen LogP contribution < -0.4 is 5.32 Å². The highest BCUT2D eigenvalue weighted by molar-refractivity contribution is 7.99. The van der Waals surface area contributed by atoms with Crippen molar-refractivity contribution in [2.75, 3.05) is 16.9 Å². The zero-order valence-corrected chi connectivity index (χ0v) is 17.2. The molecule has 1 N–H and O–H groups in total. The molecule has 0 bridgehead atoms. The molecule has 3 aromatic rings. The number of para-hydroxylation sites is 1. The Morgan fingerprint density at radius 1 is 1.31 bits per heavy atom. The van der Waals surface area contributed by atoms with Gasteiger partial charge in [0.2, 0.25) is 17.7 Å². The minimum absolute atomic E-state index is 0.0464. The molecule has 1 unspecified atom stereocenters. The normalized spacial score (nSPS) is 16.2. The Labute approximate surface area is 175 Å². The van der Waals surface area contributed by atoms with Gasteiger partial charge >= 0.3 is 0 Å². The molecule has 2 amide bonds. The molecule has 1 fully saturated rings. The second-order valence-corrected chi connectivity index (χ2v) is 8.47. The van der Waals surface area contributed by atoms with E-state index >= 15 is 0 Å². The van der Waals surface area contributed by atoms with Crippen molar-refractivity contribution in [3.05, 3.63) is 59.0 Å². The van der Waals surface area contributed by atoms with E-state index in [4.69, 9.17) is 4.42 Å². The number of amides is 2. The van der Waals surface area contributed by atoms with Crippen LogP contribution in [0.3, 0.4) is 0 Å². The zero-order valence-electron chi connectivity index (χ0n) is 15.6. The van der Waals surface area contributed by atoms with Gasteiger partial charge in [-0.1, -0.05) is 18.2 Å². The van der Waals surface area contributed by atoms with Gasteiger partial charge in [0.25, 0.3) is 0 Å². The summed E-state index contributed by atoms with van der Waals surface area (Å²) in [6, 6.07) is 9.12. The molecule has 4 rings (SSSR count). The molecule has 1 aliphatic rings. The summed E-state index contributed by atoms with van der Waals surface area (Å²) in [5.74, 6) is 0.824. The van der Waals surface area contributed by atoms with Crippen molar-refractivity contribution in [3.63, 3.8) is 0 Å². The summed E-state index contributed by atoms with van der Waals surface area (Å²) in [5.41, 5.74) is 0.665. The van der Waals surface area contributed by atoms with Gasteiger partial charge in [-0.25, -0.2) is 9.37 Å². The van der Waals surface area contributed by atoms with E-state index < -0.39 is 17.8 Å². The first-order chi connectivity index (χ1) is 14.0. The van der Waals surface area contributed by atoms with E-state index in [1.54, 1.807) is 19.1 Å². The fraction of sp³-hybridized carbons (Fsp3) is 0.250. The Morgan fingerprint density at radius 2 is 2.14 bits per heavy atom. The maximum Gasteiger partial charge on any atom is 0.248 e. The lowest BCUT2D eigenvalue weighted by Gasteiger charge is -2.23. The van der Waals surface area contributed by atoms with Gasteiger partial charge in [0.15, 0.2) is 0 Å². The number of carbonyl (C=O) groups excluding carboxylic acids is 2. The van der Waals surface area contributed by atoms with E-state index in [2.05, 4.69) is 10.3 Å². The number of halogens is 1. The lowest BCUT2D eigenvalue weighted by atomic mass is 10.2. The Bertz CT molecular complexity index is 1040. The minimum Gasteiger partial charge on any atom is -0.440 e. The van der Waals surface area contributed by atoms with Crippen molar-refractivity contribution in [1.29, 1.82) is 0 Å². The number of hydrogen-bond acceptors (Lipinski definition) is 6. The Morgan fingerprint density at radius 3 is 2.90 bits per heavy atom. The molecular formula is C20H18FN3O3S2. The van der Waals surface area contributed by atoms with E-state index in [9.17, 15) is 14.0 Å². The van der Waals surface area contributed by atoms with Gasteiger partial charge < -0.3 is 14.6 Å². The van der Waals surface area contributed by atoms with Crippen LogP contribution in [0.15, 0.2) is 46.2 Å². The summed E-state index contributed by atoms with van der Waals surface area (Å²) in [6.45, 7) is 1.77. The van der Waals surface area contributed by atoms with Crippen molar-refractivity contribution in [1.82, 2.24) is 9.88 Å². The lowest BCUT2D eigenvalue weighted by Crippen LogP contribution is -2.45. The van der Waals surface area contributed by atoms with Gasteiger partial charge in [-0.15, -0.1) is 23.1 Å². The Hall–Kier alpha value is -2.65. The predicted molar refractivity (Wildman–Crippen MR) is 111 cm³/mol. The molecule has 1 aliphatic heterocycles. The summed E-state index contributed by atoms with van der Waals surface area (Å²) in [4.78, 5) is 32.4. The third-order valence-electron chi connectivity index (χ3n) is 4.58. The third kappa shape index (κ3) is 4.20. The van der Waals surface area contributed by atoms with Crippen LogP contribution in [0.25, 0.3) is 10.8 Å². The number of aryl methyl sites for hydroxylation is 1. The first-order valence-corrected chi connectivity index (χ1v) is 11.0. The van der Waals surface area contributed by atoms with Crippen LogP contribution in [0.2, 0.25) is 0 Å². The van der Waals surface area contributed by atoms with Crippen molar-refractivity contribution >= 4 is 40.6 Å².